The number of aromatic nitrogens is 2. The number of hydrogen-bond donors (Lipinski definition) is 2. The Morgan fingerprint density at radius 3 is 2.89 bits per heavy atom. The van der Waals surface area contributed by atoms with Crippen molar-refractivity contribution in [1.82, 2.24) is 9.97 Å². The maximum Gasteiger partial charge on any atom is 0.343 e. The summed E-state index contributed by atoms with van der Waals surface area (Å²) < 4.78 is 4.69. The minimum Gasteiger partial charge on any atom is -0.465 e. The molecular weight excluding hydrogens is 246 g/mol. The molecule has 1 fully saturated rings. The summed E-state index contributed by atoms with van der Waals surface area (Å²) in [6.45, 7) is 0.744. The molecule has 0 aliphatic heterocycles. The molecule has 0 amide bonds. The van der Waals surface area contributed by atoms with Crippen LogP contribution in [0.15, 0.2) is 12.5 Å². The highest BCUT2D eigenvalue weighted by Crippen LogP contribution is 2.24. The average Bonchev–Trinajstić information content (AvgIpc) is 2.46. The second-order valence-corrected chi connectivity index (χ2v) is 4.83. The van der Waals surface area contributed by atoms with Crippen LogP contribution >= 0.6 is 0 Å². The average molecular weight is 265 g/mol. The van der Waals surface area contributed by atoms with Crippen molar-refractivity contribution >= 4 is 11.8 Å². The molecule has 0 bridgehead atoms. The van der Waals surface area contributed by atoms with Crippen molar-refractivity contribution in [3.05, 3.63) is 18.1 Å². The molecule has 0 aromatic carbocycles. The molecule has 19 heavy (non-hydrogen) atoms. The van der Waals surface area contributed by atoms with Crippen LogP contribution in [0.5, 0.6) is 0 Å². The zero-order valence-corrected chi connectivity index (χ0v) is 11.0. The number of aliphatic hydroxyl groups is 1. The van der Waals surface area contributed by atoms with E-state index in [0.29, 0.717) is 17.3 Å². The van der Waals surface area contributed by atoms with Gasteiger partial charge in [0.05, 0.1) is 13.2 Å². The van der Waals surface area contributed by atoms with Crippen LogP contribution in [0.4, 0.5) is 5.82 Å². The van der Waals surface area contributed by atoms with Crippen molar-refractivity contribution in [2.24, 2.45) is 5.92 Å². The Bertz CT molecular complexity index is 431. The van der Waals surface area contributed by atoms with Gasteiger partial charge in [-0.2, -0.15) is 0 Å². The van der Waals surface area contributed by atoms with Gasteiger partial charge >= 0.3 is 5.97 Å². The van der Waals surface area contributed by atoms with E-state index < -0.39 is 5.97 Å². The quantitative estimate of drug-likeness (QED) is 0.796. The summed E-state index contributed by atoms with van der Waals surface area (Å²) in [5.41, 5.74) is 0.348. The number of esters is 1. The first-order valence-electron chi connectivity index (χ1n) is 6.51. The van der Waals surface area contributed by atoms with Crippen LogP contribution in [0.25, 0.3) is 0 Å². The van der Waals surface area contributed by atoms with E-state index in [1.807, 2.05) is 0 Å². The highest BCUT2D eigenvalue weighted by atomic mass is 16.5. The molecule has 1 aromatic rings. The third kappa shape index (κ3) is 3.64. The molecule has 1 aromatic heterocycles. The van der Waals surface area contributed by atoms with Gasteiger partial charge in [0.15, 0.2) is 0 Å². The molecule has 0 spiro atoms. The molecule has 1 aliphatic carbocycles. The molecule has 0 saturated heterocycles. The molecule has 104 valence electrons. The van der Waals surface area contributed by atoms with Crippen molar-refractivity contribution in [2.75, 3.05) is 19.0 Å². The summed E-state index contributed by atoms with van der Waals surface area (Å²) in [4.78, 5) is 19.5. The van der Waals surface area contributed by atoms with E-state index in [0.717, 1.165) is 32.2 Å². The second-order valence-electron chi connectivity index (χ2n) is 4.83. The van der Waals surface area contributed by atoms with Crippen molar-refractivity contribution in [3.63, 3.8) is 0 Å². The minimum atomic E-state index is -0.442. The van der Waals surface area contributed by atoms with E-state index >= 15 is 0 Å². The van der Waals surface area contributed by atoms with Crippen LogP contribution in [0.1, 0.15) is 36.0 Å². The number of carbonyl (C=O) groups excluding carboxylic acids is 1. The Morgan fingerprint density at radius 2 is 2.21 bits per heavy atom. The first kappa shape index (κ1) is 13.7. The van der Waals surface area contributed by atoms with Gasteiger partial charge in [0.1, 0.15) is 17.7 Å². The second kappa shape index (κ2) is 6.47. The SMILES string of the molecule is COC(=O)c1cncnc1NCC1CCC(O)CC1. The summed E-state index contributed by atoms with van der Waals surface area (Å²) >= 11 is 0. The van der Waals surface area contributed by atoms with E-state index in [1.54, 1.807) is 0 Å². The zero-order chi connectivity index (χ0) is 13.7. The number of aliphatic hydroxyl groups excluding tert-OH is 1. The zero-order valence-electron chi connectivity index (χ0n) is 11.0. The van der Waals surface area contributed by atoms with Gasteiger partial charge in [-0.3, -0.25) is 0 Å². The number of methoxy groups -OCH3 is 1. The Balaban J connectivity index is 1.94. The highest BCUT2D eigenvalue weighted by molar-refractivity contribution is 5.94. The lowest BCUT2D eigenvalue weighted by Crippen LogP contribution is -2.24. The summed E-state index contributed by atoms with van der Waals surface area (Å²) in [6.07, 6.45) is 6.38. The van der Waals surface area contributed by atoms with Crippen molar-refractivity contribution in [1.29, 1.82) is 0 Å². The first-order chi connectivity index (χ1) is 9.20. The smallest absolute Gasteiger partial charge is 0.343 e. The van der Waals surface area contributed by atoms with Gasteiger partial charge in [0.2, 0.25) is 0 Å². The van der Waals surface area contributed by atoms with Crippen LogP contribution in [0.3, 0.4) is 0 Å². The fraction of sp³-hybridized carbons (Fsp3) is 0.615. The largest absolute Gasteiger partial charge is 0.465 e. The number of rotatable bonds is 4. The fourth-order valence-corrected chi connectivity index (χ4v) is 2.32. The number of nitrogens with zero attached hydrogens (tertiary/aromatic N) is 2. The number of carbonyl (C=O) groups is 1. The molecule has 0 unspecified atom stereocenters. The monoisotopic (exact) mass is 265 g/mol. The third-order valence-electron chi connectivity index (χ3n) is 3.49. The maximum atomic E-state index is 11.6. The summed E-state index contributed by atoms with van der Waals surface area (Å²) in [7, 11) is 1.33. The minimum absolute atomic E-state index is 0.152. The van der Waals surface area contributed by atoms with Crippen molar-refractivity contribution in [2.45, 2.75) is 31.8 Å². The van der Waals surface area contributed by atoms with Crippen molar-refractivity contribution < 1.29 is 14.6 Å². The molecule has 6 heteroatoms. The topological polar surface area (TPSA) is 84.3 Å². The normalized spacial score (nSPS) is 22.8. The Kier molecular flexibility index (Phi) is 4.68. The van der Waals surface area contributed by atoms with Crippen LogP contribution < -0.4 is 5.32 Å². The molecule has 2 rings (SSSR count). The van der Waals surface area contributed by atoms with E-state index in [-0.39, 0.29) is 6.10 Å². The number of anilines is 1. The predicted octanol–water partition coefficient (Wildman–Crippen LogP) is 1.23. The fourth-order valence-electron chi connectivity index (χ4n) is 2.32. The van der Waals surface area contributed by atoms with Gasteiger partial charge in [0, 0.05) is 12.7 Å². The van der Waals surface area contributed by atoms with Crippen LogP contribution in [-0.4, -0.2) is 40.8 Å². The lowest BCUT2D eigenvalue weighted by atomic mass is 9.87. The molecular formula is C13H19N3O3. The Morgan fingerprint density at radius 1 is 1.47 bits per heavy atom. The van der Waals surface area contributed by atoms with E-state index in [4.69, 9.17) is 4.74 Å². The lowest BCUT2D eigenvalue weighted by molar-refractivity contribution is 0.0601. The molecule has 0 atom stereocenters. The number of hydrogen-bond acceptors (Lipinski definition) is 6. The molecule has 1 saturated carbocycles. The van der Waals surface area contributed by atoms with Gasteiger partial charge in [-0.15, -0.1) is 0 Å². The van der Waals surface area contributed by atoms with Crippen LogP contribution in [-0.2, 0) is 4.74 Å². The highest BCUT2D eigenvalue weighted by Gasteiger charge is 2.20. The van der Waals surface area contributed by atoms with Crippen molar-refractivity contribution in [3.8, 4) is 0 Å². The van der Waals surface area contributed by atoms with Gasteiger partial charge in [-0.25, -0.2) is 14.8 Å². The van der Waals surface area contributed by atoms with Crippen LogP contribution in [0.2, 0.25) is 0 Å². The maximum absolute atomic E-state index is 11.6. The van der Waals surface area contributed by atoms with E-state index in [1.165, 1.54) is 19.6 Å². The molecule has 0 radical (unpaired) electrons. The third-order valence-corrected chi connectivity index (χ3v) is 3.49. The summed E-state index contributed by atoms with van der Waals surface area (Å²) in [6, 6.07) is 0. The summed E-state index contributed by atoms with van der Waals surface area (Å²) in [5, 5.41) is 12.6. The Labute approximate surface area is 112 Å². The van der Waals surface area contributed by atoms with E-state index in [9.17, 15) is 9.90 Å². The number of nitrogens with one attached hydrogen (secondary N) is 1. The van der Waals surface area contributed by atoms with E-state index in [2.05, 4.69) is 15.3 Å². The molecule has 2 N–H and O–H groups in total. The standard InChI is InChI=1S/C13H19N3O3/c1-19-13(18)11-7-14-8-16-12(11)15-6-9-2-4-10(17)5-3-9/h7-10,17H,2-6H2,1H3,(H,14,15,16). The molecule has 1 aliphatic rings. The van der Waals surface area contributed by atoms with Gasteiger partial charge < -0.3 is 15.2 Å². The van der Waals surface area contributed by atoms with Crippen LogP contribution in [0, 0.1) is 5.92 Å². The lowest BCUT2D eigenvalue weighted by Gasteiger charge is -2.25. The molecule has 6 nitrogen and oxygen atoms in total. The van der Waals surface area contributed by atoms with Gasteiger partial charge in [-0.1, -0.05) is 0 Å². The summed E-state index contributed by atoms with van der Waals surface area (Å²) in [5.74, 6) is 0.569. The van der Waals surface area contributed by atoms with Gasteiger partial charge in [-0.05, 0) is 31.6 Å². The van der Waals surface area contributed by atoms with Gasteiger partial charge in [0.25, 0.3) is 0 Å². The Hall–Kier alpha value is -1.69. The predicted molar refractivity (Wildman–Crippen MR) is 69.8 cm³/mol. The number of ether oxygens (including phenoxy) is 1. The first-order valence-corrected chi connectivity index (χ1v) is 6.51. The molecule has 1 heterocycles.